The van der Waals surface area contributed by atoms with Gasteiger partial charge < -0.3 is 62.8 Å². The molecule has 0 amide bonds. The molecule has 58 heavy (non-hydrogen) atoms. The molecule has 0 spiro atoms. The number of halogens is 4. The van der Waals surface area contributed by atoms with E-state index < -0.39 is 61.6 Å². The van der Waals surface area contributed by atoms with Crippen molar-refractivity contribution >= 4 is 319 Å². The molecule has 51 heteroatoms. The largest absolute Gasteiger partial charge is 3.00 e. The normalized spacial score (nSPS) is 5.10. The van der Waals surface area contributed by atoms with Crippen molar-refractivity contribution in [2.75, 3.05) is 0 Å². The maximum Gasteiger partial charge on any atom is 3.00 e. The maximum absolute atomic E-state index is 9.00. The third-order valence-corrected chi connectivity index (χ3v) is 0. The summed E-state index contributed by atoms with van der Waals surface area (Å²) in [6.07, 6.45) is -5.50. The molecule has 0 aliphatic carbocycles. The fraction of sp³-hybridized carbons (Fsp3) is 0.286. The zero-order valence-electron chi connectivity index (χ0n) is 29.8. The van der Waals surface area contributed by atoms with Crippen molar-refractivity contribution in [2.24, 2.45) is 0 Å². The molecule has 0 aromatic rings. The minimum atomic E-state index is -4.67. The van der Waals surface area contributed by atoms with Gasteiger partial charge in [0.25, 0.3) is 11.9 Å². The van der Waals surface area contributed by atoms with E-state index in [-0.39, 0.29) is 427 Å². The third kappa shape index (κ3) is 3690. The number of aliphatic carboxylic acids is 2. The zero-order chi connectivity index (χ0) is 31.4. The first-order valence-corrected chi connectivity index (χ1v) is 10.1. The molecule has 0 atom stereocenters. The van der Waals surface area contributed by atoms with E-state index in [1.807, 2.05) is 0 Å². The first-order valence-electron chi connectivity index (χ1n) is 5.90. The quantitative estimate of drug-likeness (QED) is 0.0801. The van der Waals surface area contributed by atoms with Crippen molar-refractivity contribution < 1.29 is 287 Å². The van der Waals surface area contributed by atoms with Crippen molar-refractivity contribution in [1.29, 1.82) is 0 Å². The van der Waals surface area contributed by atoms with Gasteiger partial charge in [-0.3, -0.25) is 47.9 Å². The van der Waals surface area contributed by atoms with E-state index in [2.05, 4.69) is 0 Å². The summed E-state index contributed by atoms with van der Waals surface area (Å²) in [6.45, 7) is 2.17. The molecule has 0 unspecified atom stereocenters. The Hall–Kier alpha value is 8.37. The zero-order valence-corrected chi connectivity index (χ0v) is 71.9. The average molecular weight is 1720 g/mol. The predicted molar refractivity (Wildman–Crippen MR) is 180 cm³/mol. The summed E-state index contributed by atoms with van der Waals surface area (Å²) in [4.78, 5) is 43.7. The van der Waals surface area contributed by atoms with Crippen molar-refractivity contribution in [3.8, 4) is 0 Å². The fourth-order valence-electron chi connectivity index (χ4n) is 0. The summed E-state index contributed by atoms with van der Waals surface area (Å²) in [5, 5.41) is 56.7. The Morgan fingerprint density at radius 1 is 0.362 bits per heavy atom. The fourth-order valence-corrected chi connectivity index (χ4v) is 0. The Morgan fingerprint density at radius 3 is 0.362 bits per heavy atom. The summed E-state index contributed by atoms with van der Waals surface area (Å²) < 4.78 is 94.8. The molecule has 0 aromatic carbocycles. The van der Waals surface area contributed by atoms with Gasteiger partial charge in [0.1, 0.15) is 0 Å². The second-order valence-electron chi connectivity index (χ2n) is 3.23. The van der Waals surface area contributed by atoms with Gasteiger partial charge in [0, 0.05) is 13.8 Å². The van der Waals surface area contributed by atoms with Crippen LogP contribution in [0.15, 0.2) is 0 Å². The molecule has 2 radical (unpaired) electrons. The van der Waals surface area contributed by atoms with Gasteiger partial charge in [-0.25, -0.2) is 14.4 Å². The molecule has 0 fully saturated rings. The molecule has 294 valence electrons. The van der Waals surface area contributed by atoms with Crippen molar-refractivity contribution in [1.82, 2.24) is 0 Å². The van der Waals surface area contributed by atoms with Crippen LogP contribution in [0.25, 0.3) is 0 Å². The Kier molecular flexibility index (Phi) is 619. The van der Waals surface area contributed by atoms with E-state index in [1.54, 1.807) is 0 Å². The van der Waals surface area contributed by atoms with Crippen LogP contribution in [0, 0.1) is 0 Å². The van der Waals surface area contributed by atoms with Crippen LogP contribution in [0.4, 0.5) is 14.4 Å². The minimum absolute atomic E-state index is 0. The van der Waals surface area contributed by atoms with Gasteiger partial charge in [-0.05, 0) is 0 Å². The smallest absolute Gasteiger partial charge is 2.00 e. The molecule has 0 saturated heterocycles. The number of hydrogen-bond acceptors (Lipinski definition) is 11. The van der Waals surface area contributed by atoms with Gasteiger partial charge in [0.15, 0.2) is 0 Å². The Morgan fingerprint density at radius 2 is 0.362 bits per heavy atom. The summed E-state index contributed by atoms with van der Waals surface area (Å²) >= 11 is 0. The second-order valence-corrected chi connectivity index (χ2v) is 5.92. The van der Waals surface area contributed by atoms with E-state index in [1.165, 1.54) is 0 Å². The van der Waals surface area contributed by atoms with Gasteiger partial charge in [-0.2, -0.15) is 25.3 Å². The number of rotatable bonds is 0. The molecule has 0 heterocycles. The summed E-state index contributed by atoms with van der Waals surface area (Å²) in [5.41, 5.74) is 0. The van der Waals surface area contributed by atoms with Crippen LogP contribution in [0.1, 0.15) is 13.8 Å². The van der Waals surface area contributed by atoms with Gasteiger partial charge in [-0.15, -0.1) is 49.6 Å². The minimum Gasteiger partial charge on any atom is -2.00 e. The molecule has 0 bridgehead atoms. The standard InChI is InChI=1S/2C2H4O2.3CH2O3.2Al.2Ba.2Ca.4ClH.3H2O4S.3H2O.2HO.O.7Zn/c2*1-2(3)4;3*2-1(3)4;;;;;;;;;;;3*1-5(2,3)4;;;;;;;;;;;;;/h2*1H3,(H,3,4);3*(H2,2,3,4);;;;;;;4*1H;3*(H2,1,2,3,4);3*1H2;2*1H;;;;;;;;/q;;;;;2*+3;4*+2;;;;;;;;;;;;;-2;7*+2. The van der Waals surface area contributed by atoms with Crippen LogP contribution >= 0.6 is 49.6 Å². The molecular weight excluding hydrogens is 1680 g/mol. The third-order valence-electron chi connectivity index (χ3n) is 0. The monoisotopic (exact) mass is 1710 g/mol. The van der Waals surface area contributed by atoms with Crippen LogP contribution in [0.2, 0.25) is 0 Å². The van der Waals surface area contributed by atoms with Gasteiger partial charge in [0.05, 0.1) is 0 Å². The molecule has 0 saturated carbocycles. The van der Waals surface area contributed by atoms with Crippen LogP contribution in [0.3, 0.4) is 0 Å². The molecule has 0 aliphatic heterocycles. The van der Waals surface area contributed by atoms with E-state index in [4.69, 9.17) is 117 Å². The van der Waals surface area contributed by atoms with E-state index in [0.29, 0.717) is 0 Å². The summed E-state index contributed by atoms with van der Waals surface area (Å²) in [7, 11) is -14.0. The number of carboxylic acid groups (broad SMARTS) is 8. The van der Waals surface area contributed by atoms with Gasteiger partial charge in [-0.1, -0.05) is 0 Å². The number of hydrogen-bond donors (Lipinski definition) is 16. The van der Waals surface area contributed by atoms with Crippen LogP contribution < -0.4 is 0 Å². The SMILES string of the molecule is CC(=O)O.CC(=O)O.Cl.Cl.Cl.Cl.O.O.O.O=C(O)O.O=C(O)O.O=C(O)O.O=S(=O)(O)O.O=S(=O)(O)O.O=S(=O)(O)O.[Al+3].[Al+3].[Ba+2].[Ba+2].[Ca+2].[Ca+2].[O-2].[OH].[OH].[Zn+2].[Zn+2].[Zn+2].[Zn+2].[Zn+2].[Zn+2].[Zn+2]. The molecule has 0 rings (SSSR count). The number of carbonyl (C=O) groups is 5. The Balaban J connectivity index is -0.00000000469. The maximum atomic E-state index is 9.00. The van der Waals surface area contributed by atoms with Gasteiger partial charge in [0.2, 0.25) is 0 Å². The molecule has 0 aliphatic rings. The van der Waals surface area contributed by atoms with E-state index >= 15 is 0 Å². The van der Waals surface area contributed by atoms with Crippen LogP contribution in [0.5, 0.6) is 0 Å². The first kappa shape index (κ1) is 227. The van der Waals surface area contributed by atoms with Crippen LogP contribution in [-0.2, 0) is 183 Å². The van der Waals surface area contributed by atoms with Crippen LogP contribution in [-0.4, -0.2) is 359 Å². The number of carboxylic acids is 2. The van der Waals surface area contributed by atoms with Crippen molar-refractivity contribution in [3.05, 3.63) is 0 Å². The molecular formula is C7H32Al2Ba2Ca2Cl4O31S3Zn7+26. The van der Waals surface area contributed by atoms with Crippen molar-refractivity contribution in [3.63, 3.8) is 0 Å². The molecule has 0 aromatic heterocycles. The molecule has 22 N–H and O–H groups in total. The van der Waals surface area contributed by atoms with Gasteiger partial charge >= 0.3 is 394 Å². The summed E-state index contributed by atoms with van der Waals surface area (Å²) in [5.74, 6) is -1.67. The predicted octanol–water partition coefficient (Wildman–Crippen LogP) is -4.67. The average Bonchev–Trinajstić information content (AvgIpc) is 2.25. The molecule has 31 nitrogen and oxygen atoms in total. The first-order chi connectivity index (χ1) is 14.7. The Labute approximate surface area is 606 Å². The van der Waals surface area contributed by atoms with E-state index in [0.717, 1.165) is 13.8 Å². The summed E-state index contributed by atoms with van der Waals surface area (Å²) in [6, 6.07) is 0. The van der Waals surface area contributed by atoms with Crippen molar-refractivity contribution in [2.45, 2.75) is 13.8 Å². The Bertz CT molecular complexity index is 779. The topological polar surface area (TPSA) is 654 Å². The van der Waals surface area contributed by atoms with E-state index in [9.17, 15) is 0 Å². The second kappa shape index (κ2) is 158.